The SMILES string of the molecule is Cc1ccc(Cl)cc1NC(=O)c1ccc2c(c1)OCCCO2. The van der Waals surface area contributed by atoms with Crippen LogP contribution in [-0.4, -0.2) is 19.1 Å². The molecular formula is C17H16ClNO3. The van der Waals surface area contributed by atoms with Gasteiger partial charge in [-0.1, -0.05) is 17.7 Å². The molecule has 0 radical (unpaired) electrons. The molecule has 0 atom stereocenters. The molecule has 4 nitrogen and oxygen atoms in total. The number of benzene rings is 2. The van der Waals surface area contributed by atoms with E-state index in [4.69, 9.17) is 21.1 Å². The topological polar surface area (TPSA) is 47.6 Å². The van der Waals surface area contributed by atoms with Crippen LogP contribution in [0.15, 0.2) is 36.4 Å². The van der Waals surface area contributed by atoms with Crippen molar-refractivity contribution in [1.82, 2.24) is 0 Å². The molecule has 0 spiro atoms. The zero-order valence-corrected chi connectivity index (χ0v) is 12.9. The van der Waals surface area contributed by atoms with Crippen LogP contribution in [0.1, 0.15) is 22.3 Å². The van der Waals surface area contributed by atoms with Gasteiger partial charge in [-0.3, -0.25) is 4.79 Å². The lowest BCUT2D eigenvalue weighted by atomic mass is 10.1. The molecule has 1 amide bonds. The Balaban J connectivity index is 1.83. The standard InChI is InChI=1S/C17H16ClNO3/c1-11-3-5-13(18)10-14(11)19-17(20)12-4-6-15-16(9-12)22-8-2-7-21-15/h3-6,9-10H,2,7-8H2,1H3,(H,19,20). The molecule has 0 aliphatic carbocycles. The highest BCUT2D eigenvalue weighted by Gasteiger charge is 2.14. The number of hydrogen-bond donors (Lipinski definition) is 1. The minimum absolute atomic E-state index is 0.207. The third kappa shape index (κ3) is 3.17. The summed E-state index contributed by atoms with van der Waals surface area (Å²) in [5, 5.41) is 3.45. The summed E-state index contributed by atoms with van der Waals surface area (Å²) in [6.07, 6.45) is 0.831. The summed E-state index contributed by atoms with van der Waals surface area (Å²) in [6, 6.07) is 10.6. The first-order valence-electron chi connectivity index (χ1n) is 7.10. The summed E-state index contributed by atoms with van der Waals surface area (Å²) >= 11 is 5.97. The van der Waals surface area contributed by atoms with Crippen molar-refractivity contribution in [2.45, 2.75) is 13.3 Å². The van der Waals surface area contributed by atoms with E-state index in [1.807, 2.05) is 13.0 Å². The molecule has 22 heavy (non-hydrogen) atoms. The normalized spacial score (nSPS) is 13.4. The maximum absolute atomic E-state index is 12.4. The summed E-state index contributed by atoms with van der Waals surface area (Å²) in [6.45, 7) is 3.13. The summed E-state index contributed by atoms with van der Waals surface area (Å²) in [7, 11) is 0. The quantitative estimate of drug-likeness (QED) is 0.908. The second-order valence-corrected chi connectivity index (χ2v) is 5.56. The molecule has 0 bridgehead atoms. The lowest BCUT2D eigenvalue weighted by Gasteiger charge is -2.11. The van der Waals surface area contributed by atoms with Gasteiger partial charge in [0.2, 0.25) is 0 Å². The first-order valence-corrected chi connectivity index (χ1v) is 7.48. The van der Waals surface area contributed by atoms with Crippen molar-refractivity contribution in [3.05, 3.63) is 52.5 Å². The number of nitrogens with one attached hydrogen (secondary N) is 1. The Bertz CT molecular complexity index is 715. The van der Waals surface area contributed by atoms with E-state index < -0.39 is 0 Å². The van der Waals surface area contributed by atoms with Crippen molar-refractivity contribution in [2.75, 3.05) is 18.5 Å². The summed E-state index contributed by atoms with van der Waals surface area (Å²) in [5.41, 5.74) is 2.17. The Morgan fingerprint density at radius 3 is 2.68 bits per heavy atom. The monoisotopic (exact) mass is 317 g/mol. The van der Waals surface area contributed by atoms with Crippen LogP contribution in [-0.2, 0) is 0 Å². The second-order valence-electron chi connectivity index (χ2n) is 5.13. The molecule has 1 heterocycles. The first kappa shape index (κ1) is 14.7. The number of halogens is 1. The first-order chi connectivity index (χ1) is 10.6. The third-order valence-corrected chi connectivity index (χ3v) is 3.69. The minimum atomic E-state index is -0.207. The van der Waals surface area contributed by atoms with Crippen LogP contribution < -0.4 is 14.8 Å². The fourth-order valence-electron chi connectivity index (χ4n) is 2.23. The Morgan fingerprint density at radius 2 is 1.86 bits per heavy atom. The second kappa shape index (κ2) is 6.28. The molecule has 0 saturated heterocycles. The number of amides is 1. The number of rotatable bonds is 2. The highest BCUT2D eigenvalue weighted by Crippen LogP contribution is 2.31. The van der Waals surface area contributed by atoms with Crippen molar-refractivity contribution in [3.63, 3.8) is 0 Å². The van der Waals surface area contributed by atoms with E-state index in [2.05, 4.69) is 5.32 Å². The number of anilines is 1. The van der Waals surface area contributed by atoms with Crippen LogP contribution >= 0.6 is 11.6 Å². The van der Waals surface area contributed by atoms with Crippen molar-refractivity contribution in [3.8, 4) is 11.5 Å². The molecule has 114 valence electrons. The molecule has 1 N–H and O–H groups in total. The molecule has 3 rings (SSSR count). The fraction of sp³-hybridized carbons (Fsp3) is 0.235. The summed E-state index contributed by atoms with van der Waals surface area (Å²) < 4.78 is 11.2. The van der Waals surface area contributed by atoms with Crippen LogP contribution in [0.25, 0.3) is 0 Å². The van der Waals surface area contributed by atoms with E-state index in [-0.39, 0.29) is 5.91 Å². The van der Waals surface area contributed by atoms with Gasteiger partial charge in [-0.05, 0) is 42.8 Å². The summed E-state index contributed by atoms with van der Waals surface area (Å²) in [4.78, 5) is 12.4. The van der Waals surface area contributed by atoms with Crippen molar-refractivity contribution in [1.29, 1.82) is 0 Å². The maximum atomic E-state index is 12.4. The van der Waals surface area contributed by atoms with E-state index in [0.717, 1.165) is 12.0 Å². The van der Waals surface area contributed by atoms with Crippen molar-refractivity contribution < 1.29 is 14.3 Å². The number of carbonyl (C=O) groups excluding carboxylic acids is 1. The van der Waals surface area contributed by atoms with Crippen LogP contribution in [0.4, 0.5) is 5.69 Å². The molecule has 5 heteroatoms. The lowest BCUT2D eigenvalue weighted by Crippen LogP contribution is -2.13. The molecule has 1 aliphatic heterocycles. The van der Waals surface area contributed by atoms with Gasteiger partial charge in [-0.25, -0.2) is 0 Å². The third-order valence-electron chi connectivity index (χ3n) is 3.46. The smallest absolute Gasteiger partial charge is 0.255 e. The molecule has 1 aliphatic rings. The number of carbonyl (C=O) groups is 1. The maximum Gasteiger partial charge on any atom is 0.255 e. The molecular weight excluding hydrogens is 302 g/mol. The average Bonchev–Trinajstić information content (AvgIpc) is 2.75. The van der Waals surface area contributed by atoms with Gasteiger partial charge >= 0.3 is 0 Å². The number of hydrogen-bond acceptors (Lipinski definition) is 3. The van der Waals surface area contributed by atoms with Crippen LogP contribution in [0.5, 0.6) is 11.5 Å². The van der Waals surface area contributed by atoms with E-state index in [1.165, 1.54) is 0 Å². The molecule has 0 unspecified atom stereocenters. The Labute approximate surface area is 134 Å². The Kier molecular flexibility index (Phi) is 4.20. The lowest BCUT2D eigenvalue weighted by molar-refractivity contribution is 0.102. The summed E-state index contributed by atoms with van der Waals surface area (Å²) in [5.74, 6) is 1.07. The van der Waals surface area contributed by atoms with E-state index in [9.17, 15) is 4.79 Å². The fourth-order valence-corrected chi connectivity index (χ4v) is 2.40. The molecule has 0 saturated carbocycles. The molecule has 2 aromatic rings. The van der Waals surface area contributed by atoms with Gasteiger partial charge in [0, 0.05) is 22.7 Å². The van der Waals surface area contributed by atoms with Crippen LogP contribution in [0.3, 0.4) is 0 Å². The van der Waals surface area contributed by atoms with E-state index >= 15 is 0 Å². The van der Waals surface area contributed by atoms with Crippen LogP contribution in [0, 0.1) is 6.92 Å². The minimum Gasteiger partial charge on any atom is -0.490 e. The van der Waals surface area contributed by atoms with Gasteiger partial charge in [-0.15, -0.1) is 0 Å². The number of ether oxygens (including phenoxy) is 2. The van der Waals surface area contributed by atoms with Gasteiger partial charge < -0.3 is 14.8 Å². The van der Waals surface area contributed by atoms with E-state index in [0.29, 0.717) is 41.0 Å². The average molecular weight is 318 g/mol. The number of aryl methyl sites for hydroxylation is 1. The molecule has 0 aromatic heterocycles. The zero-order chi connectivity index (χ0) is 15.5. The predicted molar refractivity (Wildman–Crippen MR) is 86.2 cm³/mol. The molecule has 0 fully saturated rings. The van der Waals surface area contributed by atoms with Gasteiger partial charge in [0.15, 0.2) is 11.5 Å². The Hall–Kier alpha value is -2.20. The van der Waals surface area contributed by atoms with Crippen LogP contribution in [0.2, 0.25) is 5.02 Å². The molecule has 2 aromatic carbocycles. The largest absolute Gasteiger partial charge is 0.490 e. The van der Waals surface area contributed by atoms with Gasteiger partial charge in [0.25, 0.3) is 5.91 Å². The Morgan fingerprint density at radius 1 is 1.09 bits per heavy atom. The zero-order valence-electron chi connectivity index (χ0n) is 12.2. The van der Waals surface area contributed by atoms with Gasteiger partial charge in [0.05, 0.1) is 13.2 Å². The number of fused-ring (bicyclic) bond motifs is 1. The predicted octanol–water partition coefficient (Wildman–Crippen LogP) is 4.06. The van der Waals surface area contributed by atoms with Gasteiger partial charge in [0.1, 0.15) is 0 Å². The van der Waals surface area contributed by atoms with E-state index in [1.54, 1.807) is 30.3 Å². The van der Waals surface area contributed by atoms with Crippen molar-refractivity contribution >= 4 is 23.2 Å². The van der Waals surface area contributed by atoms with Gasteiger partial charge in [-0.2, -0.15) is 0 Å². The highest BCUT2D eigenvalue weighted by molar-refractivity contribution is 6.31. The van der Waals surface area contributed by atoms with Crippen molar-refractivity contribution in [2.24, 2.45) is 0 Å². The highest BCUT2D eigenvalue weighted by atomic mass is 35.5.